The first-order valence-corrected chi connectivity index (χ1v) is 8.09. The van der Waals surface area contributed by atoms with Crippen LogP contribution in [0.2, 0.25) is 0 Å². The molecule has 1 aliphatic heterocycles. The molecule has 0 aromatic heterocycles. The van der Waals surface area contributed by atoms with Crippen molar-refractivity contribution < 1.29 is 8.42 Å². The van der Waals surface area contributed by atoms with Gasteiger partial charge < -0.3 is 0 Å². The summed E-state index contributed by atoms with van der Waals surface area (Å²) in [4.78, 5) is 0. The van der Waals surface area contributed by atoms with Crippen LogP contribution in [0.15, 0.2) is 16.6 Å². The van der Waals surface area contributed by atoms with Gasteiger partial charge in [0.15, 0.2) is 0 Å². The second-order valence-electron chi connectivity index (χ2n) is 4.48. The third-order valence-corrected chi connectivity index (χ3v) is 5.35. The quantitative estimate of drug-likeness (QED) is 0.798. The fraction of sp³-hybridized carbons (Fsp3) is 0.500. The lowest BCUT2D eigenvalue weighted by atomic mass is 10.1. The largest absolute Gasteiger partial charge is 0.270 e. The van der Waals surface area contributed by atoms with Gasteiger partial charge in [0, 0.05) is 11.0 Å². The highest BCUT2D eigenvalue weighted by molar-refractivity contribution is 9.10. The lowest BCUT2D eigenvalue weighted by Gasteiger charge is -2.31. The lowest BCUT2D eigenvalue weighted by molar-refractivity contribution is 0.574. The molecule has 17 heavy (non-hydrogen) atoms. The zero-order valence-electron chi connectivity index (χ0n) is 10.0. The van der Waals surface area contributed by atoms with Crippen molar-refractivity contribution in [2.45, 2.75) is 26.7 Å². The van der Waals surface area contributed by atoms with Crippen LogP contribution in [-0.2, 0) is 10.0 Å². The van der Waals surface area contributed by atoms with E-state index in [9.17, 15) is 8.42 Å². The summed E-state index contributed by atoms with van der Waals surface area (Å²) in [5.74, 6) is 0.266. The molecule has 1 fully saturated rings. The van der Waals surface area contributed by atoms with Crippen molar-refractivity contribution in [2.24, 2.45) is 0 Å². The van der Waals surface area contributed by atoms with Gasteiger partial charge in [-0.15, -0.1) is 0 Å². The Morgan fingerprint density at radius 2 is 1.76 bits per heavy atom. The number of benzene rings is 1. The molecular formula is C12H16BrNO2S. The highest BCUT2D eigenvalue weighted by atomic mass is 79.9. The average Bonchev–Trinajstić information content (AvgIpc) is 2.18. The van der Waals surface area contributed by atoms with Crippen LogP contribution >= 0.6 is 15.9 Å². The molecule has 1 aliphatic rings. The smallest absolute Gasteiger partial charge is 0.235 e. The third-order valence-electron chi connectivity index (χ3n) is 3.05. The minimum Gasteiger partial charge on any atom is -0.270 e. The maximum atomic E-state index is 12.1. The van der Waals surface area contributed by atoms with E-state index in [2.05, 4.69) is 15.9 Å². The van der Waals surface area contributed by atoms with Crippen molar-refractivity contribution in [3.8, 4) is 0 Å². The fourth-order valence-electron chi connectivity index (χ4n) is 2.34. The first-order valence-electron chi connectivity index (χ1n) is 5.69. The molecule has 3 nitrogen and oxygen atoms in total. The van der Waals surface area contributed by atoms with Gasteiger partial charge in [-0.3, -0.25) is 4.31 Å². The van der Waals surface area contributed by atoms with Gasteiger partial charge in [-0.2, -0.15) is 0 Å². The second-order valence-corrected chi connectivity index (χ2v) is 7.41. The molecule has 0 aliphatic carbocycles. The van der Waals surface area contributed by atoms with Gasteiger partial charge in [0.25, 0.3) is 0 Å². The number of hydrogen-bond acceptors (Lipinski definition) is 2. The first-order chi connectivity index (χ1) is 7.92. The Morgan fingerprint density at radius 1 is 1.18 bits per heavy atom. The summed E-state index contributed by atoms with van der Waals surface area (Å²) in [6.07, 6.45) is 1.71. The molecule has 0 unspecified atom stereocenters. The van der Waals surface area contributed by atoms with E-state index in [-0.39, 0.29) is 5.75 Å². The van der Waals surface area contributed by atoms with Gasteiger partial charge in [-0.05, 0) is 49.9 Å². The molecule has 1 aromatic carbocycles. The zero-order chi connectivity index (χ0) is 12.6. The van der Waals surface area contributed by atoms with E-state index in [1.165, 1.54) is 0 Å². The van der Waals surface area contributed by atoms with Crippen LogP contribution in [0.25, 0.3) is 0 Å². The monoisotopic (exact) mass is 317 g/mol. The van der Waals surface area contributed by atoms with Crippen molar-refractivity contribution in [1.82, 2.24) is 0 Å². The fourth-order valence-corrected chi connectivity index (χ4v) is 4.79. The van der Waals surface area contributed by atoms with Gasteiger partial charge in [-0.1, -0.05) is 15.9 Å². The number of nitrogens with zero attached hydrogens (tertiary/aromatic N) is 1. The molecule has 0 N–H and O–H groups in total. The Kier molecular flexibility index (Phi) is 3.50. The van der Waals surface area contributed by atoms with E-state index >= 15 is 0 Å². The minimum absolute atomic E-state index is 0.266. The molecule has 0 spiro atoms. The molecule has 1 aromatic rings. The Labute approximate surface area is 111 Å². The molecule has 0 saturated carbocycles. The van der Waals surface area contributed by atoms with Gasteiger partial charge in [-0.25, -0.2) is 8.42 Å². The van der Waals surface area contributed by atoms with E-state index < -0.39 is 10.0 Å². The van der Waals surface area contributed by atoms with Crippen molar-refractivity contribution in [3.05, 3.63) is 27.7 Å². The van der Waals surface area contributed by atoms with E-state index in [0.717, 1.165) is 34.1 Å². The predicted molar refractivity (Wildman–Crippen MR) is 74.0 cm³/mol. The Bertz CT molecular complexity index is 516. The van der Waals surface area contributed by atoms with E-state index in [0.29, 0.717) is 6.54 Å². The Hall–Kier alpha value is -0.550. The van der Waals surface area contributed by atoms with Crippen molar-refractivity contribution in [2.75, 3.05) is 16.6 Å². The summed E-state index contributed by atoms with van der Waals surface area (Å²) in [6.45, 7) is 4.51. The molecule has 0 bridgehead atoms. The van der Waals surface area contributed by atoms with Crippen LogP contribution in [0.3, 0.4) is 0 Å². The standard InChI is InChI=1S/C12H16BrNO2S/c1-9-7-11(13)8-10(2)12(9)14-5-3-4-6-17(14,15)16/h7-8H,3-6H2,1-2H3. The van der Waals surface area contributed by atoms with E-state index in [1.807, 2.05) is 26.0 Å². The maximum absolute atomic E-state index is 12.1. The summed E-state index contributed by atoms with van der Waals surface area (Å²) in [7, 11) is -3.12. The zero-order valence-corrected chi connectivity index (χ0v) is 12.4. The maximum Gasteiger partial charge on any atom is 0.235 e. The van der Waals surface area contributed by atoms with Gasteiger partial charge >= 0.3 is 0 Å². The van der Waals surface area contributed by atoms with Gasteiger partial charge in [0.1, 0.15) is 0 Å². The highest BCUT2D eigenvalue weighted by Gasteiger charge is 2.28. The van der Waals surface area contributed by atoms with Crippen LogP contribution in [0.1, 0.15) is 24.0 Å². The van der Waals surface area contributed by atoms with Crippen LogP contribution in [0.4, 0.5) is 5.69 Å². The van der Waals surface area contributed by atoms with Crippen LogP contribution < -0.4 is 4.31 Å². The van der Waals surface area contributed by atoms with E-state index in [4.69, 9.17) is 0 Å². The number of anilines is 1. The predicted octanol–water partition coefficient (Wildman–Crippen LogP) is 3.00. The molecule has 0 amide bonds. The molecule has 5 heteroatoms. The summed E-state index contributed by atoms with van der Waals surface area (Å²) < 4.78 is 26.7. The lowest BCUT2D eigenvalue weighted by Crippen LogP contribution is -2.38. The number of halogens is 1. The molecule has 0 atom stereocenters. The molecular weight excluding hydrogens is 302 g/mol. The summed E-state index contributed by atoms with van der Waals surface area (Å²) >= 11 is 3.43. The summed E-state index contributed by atoms with van der Waals surface area (Å²) in [5.41, 5.74) is 2.86. The van der Waals surface area contributed by atoms with E-state index in [1.54, 1.807) is 4.31 Å². The second kappa shape index (κ2) is 4.61. The average molecular weight is 318 g/mol. The number of rotatable bonds is 1. The molecule has 1 heterocycles. The number of hydrogen-bond donors (Lipinski definition) is 0. The molecule has 0 radical (unpaired) electrons. The molecule has 94 valence electrons. The minimum atomic E-state index is -3.12. The topological polar surface area (TPSA) is 37.4 Å². The van der Waals surface area contributed by atoms with Gasteiger partial charge in [0.05, 0.1) is 11.4 Å². The van der Waals surface area contributed by atoms with Crippen LogP contribution in [0, 0.1) is 13.8 Å². The van der Waals surface area contributed by atoms with Crippen LogP contribution in [0.5, 0.6) is 0 Å². The molecule has 2 rings (SSSR count). The normalized spacial score (nSPS) is 19.4. The third kappa shape index (κ3) is 2.50. The van der Waals surface area contributed by atoms with Crippen molar-refractivity contribution >= 4 is 31.6 Å². The summed E-state index contributed by atoms with van der Waals surface area (Å²) in [6, 6.07) is 3.93. The molecule has 1 saturated heterocycles. The van der Waals surface area contributed by atoms with Gasteiger partial charge in [0.2, 0.25) is 10.0 Å². The number of aryl methyl sites for hydroxylation is 2. The Morgan fingerprint density at radius 3 is 2.29 bits per heavy atom. The van der Waals surface area contributed by atoms with Crippen LogP contribution in [-0.4, -0.2) is 20.7 Å². The highest BCUT2D eigenvalue weighted by Crippen LogP contribution is 2.32. The number of sulfonamides is 1. The first kappa shape index (κ1) is 12.9. The van der Waals surface area contributed by atoms with Crippen molar-refractivity contribution in [3.63, 3.8) is 0 Å². The SMILES string of the molecule is Cc1cc(Br)cc(C)c1N1CCCCS1(=O)=O. The van der Waals surface area contributed by atoms with Crippen molar-refractivity contribution in [1.29, 1.82) is 0 Å². The summed E-state index contributed by atoms with van der Waals surface area (Å²) in [5, 5.41) is 0. The Balaban J connectivity index is 2.53.